The van der Waals surface area contributed by atoms with Gasteiger partial charge in [-0.05, 0) is 32.0 Å². The van der Waals surface area contributed by atoms with Gasteiger partial charge in [0.25, 0.3) is 0 Å². The maximum absolute atomic E-state index is 13.3. The van der Waals surface area contributed by atoms with Crippen molar-refractivity contribution in [3.8, 4) is 6.07 Å². The van der Waals surface area contributed by atoms with Crippen molar-refractivity contribution in [2.24, 2.45) is 11.8 Å². The van der Waals surface area contributed by atoms with Gasteiger partial charge >= 0.3 is 6.18 Å². The van der Waals surface area contributed by atoms with Crippen molar-refractivity contribution in [1.29, 1.82) is 5.26 Å². The van der Waals surface area contributed by atoms with Gasteiger partial charge in [0.2, 0.25) is 11.8 Å². The smallest absolute Gasteiger partial charge is 0.378 e. The Morgan fingerprint density at radius 1 is 1.25 bits per heavy atom. The molecule has 0 unspecified atom stereocenters. The van der Waals surface area contributed by atoms with E-state index in [-0.39, 0.29) is 5.69 Å². The van der Waals surface area contributed by atoms with E-state index in [1.165, 1.54) is 19.2 Å². The van der Waals surface area contributed by atoms with E-state index < -0.39 is 58.3 Å². The molecule has 28 heavy (non-hydrogen) atoms. The number of nitriles is 1. The highest BCUT2D eigenvalue weighted by molar-refractivity contribution is 6.23. The molecule has 6 nitrogen and oxygen atoms in total. The van der Waals surface area contributed by atoms with Crippen LogP contribution in [0.5, 0.6) is 0 Å². The largest absolute Gasteiger partial charge is 0.417 e. The van der Waals surface area contributed by atoms with Crippen LogP contribution in [0.4, 0.5) is 18.9 Å². The minimum absolute atomic E-state index is 0.198. The summed E-state index contributed by atoms with van der Waals surface area (Å²) in [7, 11) is 1.49. The SMILES string of the molecule is CO[C@H]1C[C@@]2(C)O[C@]1(C)[C@H]1C(=O)N(c3ccc(C#N)c(C(F)(F)F)c3)C(=O)[C@H]12. The predicted molar refractivity (Wildman–Crippen MR) is 88.9 cm³/mol. The maximum Gasteiger partial charge on any atom is 0.417 e. The fourth-order valence-corrected chi connectivity index (χ4v) is 5.07. The molecule has 5 atom stereocenters. The second kappa shape index (κ2) is 5.55. The van der Waals surface area contributed by atoms with Gasteiger partial charge in [0, 0.05) is 13.5 Å². The number of hydrogen-bond acceptors (Lipinski definition) is 5. The van der Waals surface area contributed by atoms with E-state index in [1.54, 1.807) is 13.8 Å². The summed E-state index contributed by atoms with van der Waals surface area (Å²) in [5.74, 6) is -2.83. The van der Waals surface area contributed by atoms with Crippen molar-refractivity contribution in [3.63, 3.8) is 0 Å². The van der Waals surface area contributed by atoms with Crippen LogP contribution in [0.2, 0.25) is 0 Å². The van der Waals surface area contributed by atoms with Crippen LogP contribution < -0.4 is 4.90 Å². The second-order valence-electron chi connectivity index (χ2n) is 7.83. The average Bonchev–Trinajstić information content (AvgIpc) is 3.14. The molecule has 0 aliphatic carbocycles. The number of carbonyl (C=O) groups excluding carboxylic acids is 2. The summed E-state index contributed by atoms with van der Waals surface area (Å²) in [4.78, 5) is 27.0. The first-order valence-electron chi connectivity index (χ1n) is 8.70. The van der Waals surface area contributed by atoms with Crippen LogP contribution in [0.1, 0.15) is 31.4 Å². The molecular formula is C19H17F3N2O4. The molecule has 9 heteroatoms. The summed E-state index contributed by atoms with van der Waals surface area (Å²) in [6, 6.07) is 4.32. The number of alkyl halides is 3. The van der Waals surface area contributed by atoms with Crippen LogP contribution in [0.25, 0.3) is 0 Å². The molecule has 0 aromatic heterocycles. The molecule has 148 valence electrons. The summed E-state index contributed by atoms with van der Waals surface area (Å²) < 4.78 is 51.4. The number of imide groups is 1. The summed E-state index contributed by atoms with van der Waals surface area (Å²) in [5, 5.41) is 8.95. The Kier molecular flexibility index (Phi) is 3.75. The zero-order valence-electron chi connectivity index (χ0n) is 15.3. The number of hydrogen-bond donors (Lipinski definition) is 0. The van der Waals surface area contributed by atoms with Crippen LogP contribution >= 0.6 is 0 Å². The fourth-order valence-electron chi connectivity index (χ4n) is 5.07. The van der Waals surface area contributed by atoms with Gasteiger partial charge < -0.3 is 9.47 Å². The zero-order valence-corrected chi connectivity index (χ0v) is 15.3. The first kappa shape index (κ1) is 18.9. The third-order valence-electron chi connectivity index (χ3n) is 6.24. The molecular weight excluding hydrogens is 377 g/mol. The Morgan fingerprint density at radius 2 is 1.89 bits per heavy atom. The Morgan fingerprint density at radius 3 is 2.46 bits per heavy atom. The van der Waals surface area contributed by atoms with E-state index >= 15 is 0 Å². The van der Waals surface area contributed by atoms with E-state index in [0.29, 0.717) is 12.5 Å². The zero-order chi connectivity index (χ0) is 20.6. The third kappa shape index (κ3) is 2.22. The van der Waals surface area contributed by atoms with E-state index in [2.05, 4.69) is 0 Å². The predicted octanol–water partition coefficient (Wildman–Crippen LogP) is 2.65. The number of fused-ring (bicyclic) bond motifs is 5. The number of carbonyl (C=O) groups is 2. The highest BCUT2D eigenvalue weighted by atomic mass is 19.4. The lowest BCUT2D eigenvalue weighted by Gasteiger charge is -2.34. The van der Waals surface area contributed by atoms with Crippen LogP contribution in [-0.2, 0) is 25.2 Å². The minimum Gasteiger partial charge on any atom is -0.378 e. The molecule has 1 aromatic rings. The van der Waals surface area contributed by atoms with Crippen LogP contribution in [-0.4, -0.2) is 36.2 Å². The molecule has 1 aromatic carbocycles. The first-order chi connectivity index (χ1) is 13.0. The number of methoxy groups -OCH3 is 1. The standard InChI is InChI=1S/C19H17F3N2O4/c1-17-7-12(27-3)18(2,28-17)14-13(17)15(25)24(16(14)26)10-5-4-9(8-23)11(6-10)19(20,21)22/h4-6,12-14H,7H2,1-3H3/t12-,13-,14+,17+,18-/m0/s1. The third-order valence-corrected chi connectivity index (χ3v) is 6.24. The number of benzene rings is 1. The molecule has 0 N–H and O–H groups in total. The summed E-state index contributed by atoms with van der Waals surface area (Å²) in [5.41, 5.74) is -3.92. The van der Waals surface area contributed by atoms with Gasteiger partial charge in [-0.25, -0.2) is 4.90 Å². The molecule has 0 radical (unpaired) electrons. The molecule has 4 rings (SSSR count). The van der Waals surface area contributed by atoms with E-state index in [4.69, 9.17) is 14.7 Å². The van der Waals surface area contributed by atoms with Crippen molar-refractivity contribution in [3.05, 3.63) is 29.3 Å². The average molecular weight is 394 g/mol. The van der Waals surface area contributed by atoms with Gasteiger partial charge in [-0.2, -0.15) is 18.4 Å². The highest BCUT2D eigenvalue weighted by Gasteiger charge is 2.76. The molecule has 0 spiro atoms. The number of rotatable bonds is 2. The van der Waals surface area contributed by atoms with Gasteiger partial charge in [0.1, 0.15) is 5.60 Å². The lowest BCUT2D eigenvalue weighted by atomic mass is 9.67. The van der Waals surface area contributed by atoms with E-state index in [0.717, 1.165) is 11.0 Å². The van der Waals surface area contributed by atoms with E-state index in [1.807, 2.05) is 0 Å². The van der Waals surface area contributed by atoms with Crippen molar-refractivity contribution in [2.75, 3.05) is 12.0 Å². The molecule has 0 saturated carbocycles. The van der Waals surface area contributed by atoms with Crippen molar-refractivity contribution < 1.29 is 32.2 Å². The lowest BCUT2D eigenvalue weighted by molar-refractivity contribution is -0.138. The van der Waals surface area contributed by atoms with Gasteiger partial charge in [0.15, 0.2) is 0 Å². The maximum atomic E-state index is 13.3. The molecule has 3 heterocycles. The Bertz CT molecular complexity index is 940. The normalized spacial score (nSPS) is 36.8. The van der Waals surface area contributed by atoms with Gasteiger partial charge in [0.05, 0.1) is 46.4 Å². The van der Waals surface area contributed by atoms with Crippen LogP contribution in [0.15, 0.2) is 18.2 Å². The number of amides is 2. The molecule has 3 aliphatic heterocycles. The summed E-state index contributed by atoms with van der Waals surface area (Å²) in [6.45, 7) is 3.43. The first-order valence-corrected chi connectivity index (χ1v) is 8.70. The molecule has 3 saturated heterocycles. The monoisotopic (exact) mass is 394 g/mol. The molecule has 2 amide bonds. The second-order valence-corrected chi connectivity index (χ2v) is 7.83. The summed E-state index contributed by atoms with van der Waals surface area (Å²) >= 11 is 0. The Balaban J connectivity index is 1.80. The van der Waals surface area contributed by atoms with Crippen LogP contribution in [0.3, 0.4) is 0 Å². The summed E-state index contributed by atoms with van der Waals surface area (Å²) in [6.07, 6.45) is -4.78. The number of nitrogens with zero attached hydrogens (tertiary/aromatic N) is 2. The van der Waals surface area contributed by atoms with Gasteiger partial charge in [-0.1, -0.05) is 0 Å². The lowest BCUT2D eigenvalue weighted by Crippen LogP contribution is -2.49. The van der Waals surface area contributed by atoms with Gasteiger partial charge in [-0.15, -0.1) is 0 Å². The van der Waals surface area contributed by atoms with Crippen molar-refractivity contribution in [2.45, 2.75) is 43.8 Å². The van der Waals surface area contributed by atoms with Crippen molar-refractivity contribution in [1.82, 2.24) is 0 Å². The minimum atomic E-state index is -4.79. The molecule has 3 fully saturated rings. The number of ether oxygens (including phenoxy) is 2. The highest BCUT2D eigenvalue weighted by Crippen LogP contribution is 2.61. The number of anilines is 1. The molecule has 3 aliphatic rings. The topological polar surface area (TPSA) is 79.6 Å². The quantitative estimate of drug-likeness (QED) is 0.721. The van der Waals surface area contributed by atoms with Crippen molar-refractivity contribution >= 4 is 17.5 Å². The van der Waals surface area contributed by atoms with E-state index in [9.17, 15) is 22.8 Å². The Hall–Kier alpha value is -2.44. The Labute approximate surface area is 158 Å². The fraction of sp³-hybridized carbons (Fsp3) is 0.526. The van der Waals surface area contributed by atoms with Crippen LogP contribution in [0, 0.1) is 23.2 Å². The van der Waals surface area contributed by atoms with Gasteiger partial charge in [-0.3, -0.25) is 9.59 Å². The molecule has 2 bridgehead atoms. The number of halogens is 3.